The first-order valence-corrected chi connectivity index (χ1v) is 5.87. The van der Waals surface area contributed by atoms with Crippen LogP contribution < -0.4 is 0 Å². The summed E-state index contributed by atoms with van der Waals surface area (Å²) in [6, 6.07) is 5.49. The van der Waals surface area contributed by atoms with Gasteiger partial charge >= 0.3 is 5.97 Å². The summed E-state index contributed by atoms with van der Waals surface area (Å²) < 4.78 is 17.6. The largest absolute Gasteiger partial charge is 0.465 e. The number of esters is 1. The van der Waals surface area contributed by atoms with Crippen LogP contribution in [0.25, 0.3) is 0 Å². The Kier molecular flexibility index (Phi) is 4.82. The van der Waals surface area contributed by atoms with Crippen LogP contribution >= 0.6 is 0 Å². The molecule has 0 aliphatic heterocycles. The highest BCUT2D eigenvalue weighted by Gasteiger charge is 2.38. The first-order valence-electron chi connectivity index (χ1n) is 5.87. The zero-order valence-electron chi connectivity index (χ0n) is 11.1. The van der Waals surface area contributed by atoms with Crippen LogP contribution in [0, 0.1) is 23.1 Å². The van der Waals surface area contributed by atoms with E-state index in [2.05, 4.69) is 11.8 Å². The lowest BCUT2D eigenvalue weighted by molar-refractivity contribution is -0.154. The lowest BCUT2D eigenvalue weighted by Crippen LogP contribution is -2.35. The summed E-state index contributed by atoms with van der Waals surface area (Å²) in [5, 5.41) is 0. The number of ketones is 1. The van der Waals surface area contributed by atoms with Gasteiger partial charge in [0.05, 0.1) is 6.61 Å². The summed E-state index contributed by atoms with van der Waals surface area (Å²) in [7, 11) is 0. The Bertz CT molecular complexity index is 537. The van der Waals surface area contributed by atoms with Crippen LogP contribution in [-0.2, 0) is 14.3 Å². The van der Waals surface area contributed by atoms with Crippen LogP contribution in [0.4, 0.5) is 4.39 Å². The maximum absolute atomic E-state index is 12.7. The smallest absolute Gasteiger partial charge is 0.331 e. The standard InChI is InChI=1S/C15H15FO3/c1-4-19-14(18)15(3,11(2)17)10-9-12-5-7-13(16)8-6-12/h5-8H,4H2,1-3H3/t15-/m1/s1. The second-order valence-corrected chi connectivity index (χ2v) is 4.16. The summed E-state index contributed by atoms with van der Waals surface area (Å²) >= 11 is 0. The van der Waals surface area contributed by atoms with Crippen molar-refractivity contribution in [2.45, 2.75) is 20.8 Å². The normalized spacial score (nSPS) is 12.8. The van der Waals surface area contributed by atoms with Crippen LogP contribution in [0.5, 0.6) is 0 Å². The molecule has 0 saturated carbocycles. The highest BCUT2D eigenvalue weighted by Crippen LogP contribution is 2.19. The molecule has 3 nitrogen and oxygen atoms in total. The number of ether oxygens (including phenoxy) is 1. The maximum atomic E-state index is 12.7. The summed E-state index contributed by atoms with van der Waals surface area (Å²) in [5.74, 6) is 3.89. The molecule has 1 aromatic rings. The van der Waals surface area contributed by atoms with Crippen molar-refractivity contribution in [2.75, 3.05) is 6.61 Å². The van der Waals surface area contributed by atoms with Crippen LogP contribution in [0.15, 0.2) is 24.3 Å². The van der Waals surface area contributed by atoms with Gasteiger partial charge in [-0.25, -0.2) is 9.18 Å². The van der Waals surface area contributed by atoms with Gasteiger partial charge in [-0.15, -0.1) is 0 Å². The van der Waals surface area contributed by atoms with E-state index in [0.717, 1.165) is 0 Å². The molecule has 0 unspecified atom stereocenters. The van der Waals surface area contributed by atoms with Crippen molar-refractivity contribution in [1.82, 2.24) is 0 Å². The molecular weight excluding hydrogens is 247 g/mol. The predicted molar refractivity (Wildman–Crippen MR) is 68.7 cm³/mol. The van der Waals surface area contributed by atoms with Crippen molar-refractivity contribution in [3.8, 4) is 11.8 Å². The van der Waals surface area contributed by atoms with E-state index in [4.69, 9.17) is 4.74 Å². The lowest BCUT2D eigenvalue weighted by atomic mass is 9.87. The Morgan fingerprint density at radius 2 is 1.89 bits per heavy atom. The summed E-state index contributed by atoms with van der Waals surface area (Å²) in [5.41, 5.74) is -0.970. The zero-order valence-corrected chi connectivity index (χ0v) is 11.1. The Balaban J connectivity index is 3.06. The Morgan fingerprint density at radius 1 is 1.32 bits per heavy atom. The van der Waals surface area contributed by atoms with Gasteiger partial charge in [0.2, 0.25) is 0 Å². The minimum atomic E-state index is -1.50. The van der Waals surface area contributed by atoms with Crippen molar-refractivity contribution in [3.63, 3.8) is 0 Å². The van der Waals surface area contributed by atoms with Crippen LogP contribution in [-0.4, -0.2) is 18.4 Å². The van der Waals surface area contributed by atoms with Gasteiger partial charge in [-0.1, -0.05) is 11.8 Å². The summed E-state index contributed by atoms with van der Waals surface area (Å²) in [6.07, 6.45) is 0. The number of hydrogen-bond donors (Lipinski definition) is 0. The number of benzene rings is 1. The average Bonchev–Trinajstić information content (AvgIpc) is 2.37. The van der Waals surface area contributed by atoms with Gasteiger partial charge in [0.1, 0.15) is 5.82 Å². The summed E-state index contributed by atoms with van der Waals surface area (Å²) in [6.45, 7) is 4.55. The van der Waals surface area contributed by atoms with Gasteiger partial charge < -0.3 is 4.74 Å². The van der Waals surface area contributed by atoms with Crippen molar-refractivity contribution in [3.05, 3.63) is 35.6 Å². The predicted octanol–water partition coefficient (Wildman–Crippen LogP) is 2.34. The van der Waals surface area contributed by atoms with Crippen molar-refractivity contribution >= 4 is 11.8 Å². The van der Waals surface area contributed by atoms with Gasteiger partial charge in [-0.05, 0) is 45.0 Å². The SMILES string of the molecule is CCOC(=O)[C@](C)(C#Cc1ccc(F)cc1)C(C)=O. The minimum Gasteiger partial charge on any atom is -0.465 e. The molecule has 0 saturated heterocycles. The molecule has 1 rings (SSSR count). The molecule has 4 heteroatoms. The first kappa shape index (κ1) is 14.9. The molecule has 0 bridgehead atoms. The van der Waals surface area contributed by atoms with Crippen LogP contribution in [0.2, 0.25) is 0 Å². The zero-order chi connectivity index (χ0) is 14.5. The number of hydrogen-bond acceptors (Lipinski definition) is 3. The molecule has 0 aromatic heterocycles. The van der Waals surface area contributed by atoms with E-state index in [-0.39, 0.29) is 18.2 Å². The van der Waals surface area contributed by atoms with E-state index in [0.29, 0.717) is 5.56 Å². The van der Waals surface area contributed by atoms with E-state index >= 15 is 0 Å². The second-order valence-electron chi connectivity index (χ2n) is 4.16. The molecule has 0 spiro atoms. The van der Waals surface area contributed by atoms with E-state index in [1.165, 1.54) is 38.1 Å². The summed E-state index contributed by atoms with van der Waals surface area (Å²) in [4.78, 5) is 23.4. The molecule has 0 fully saturated rings. The van der Waals surface area contributed by atoms with Crippen LogP contribution in [0.3, 0.4) is 0 Å². The minimum absolute atomic E-state index is 0.180. The van der Waals surface area contributed by atoms with Crippen LogP contribution in [0.1, 0.15) is 26.3 Å². The molecular formula is C15H15FO3. The van der Waals surface area contributed by atoms with E-state index in [1.54, 1.807) is 6.92 Å². The molecule has 0 heterocycles. The molecule has 100 valence electrons. The third-order valence-corrected chi connectivity index (χ3v) is 2.69. The van der Waals surface area contributed by atoms with E-state index < -0.39 is 11.4 Å². The number of halogens is 1. The van der Waals surface area contributed by atoms with Crippen molar-refractivity contribution in [1.29, 1.82) is 0 Å². The third-order valence-electron chi connectivity index (χ3n) is 2.69. The van der Waals surface area contributed by atoms with Crippen molar-refractivity contribution in [2.24, 2.45) is 5.41 Å². The van der Waals surface area contributed by atoms with Gasteiger partial charge in [0.25, 0.3) is 0 Å². The topological polar surface area (TPSA) is 43.4 Å². The molecule has 0 radical (unpaired) electrons. The molecule has 0 N–H and O–H groups in total. The molecule has 0 aliphatic carbocycles. The van der Waals surface area contributed by atoms with Gasteiger partial charge in [-0.2, -0.15) is 0 Å². The number of rotatable bonds is 3. The highest BCUT2D eigenvalue weighted by atomic mass is 19.1. The van der Waals surface area contributed by atoms with Gasteiger partial charge in [0, 0.05) is 5.56 Å². The van der Waals surface area contributed by atoms with Crippen molar-refractivity contribution < 1.29 is 18.7 Å². The Labute approximate surface area is 111 Å². The molecule has 0 amide bonds. The monoisotopic (exact) mass is 262 g/mol. The Hall–Kier alpha value is -2.15. The quantitative estimate of drug-likeness (QED) is 0.477. The van der Waals surface area contributed by atoms with E-state index in [1.807, 2.05) is 0 Å². The molecule has 1 atom stereocenters. The van der Waals surface area contributed by atoms with Gasteiger partial charge in [-0.3, -0.25) is 4.79 Å². The molecule has 1 aromatic carbocycles. The number of Topliss-reactive ketones (excluding diaryl/α,β-unsaturated/α-hetero) is 1. The van der Waals surface area contributed by atoms with E-state index in [9.17, 15) is 14.0 Å². The fraction of sp³-hybridized carbons (Fsp3) is 0.333. The molecule has 19 heavy (non-hydrogen) atoms. The second kappa shape index (κ2) is 6.14. The lowest BCUT2D eigenvalue weighted by Gasteiger charge is -2.17. The third kappa shape index (κ3) is 3.65. The first-order chi connectivity index (χ1) is 8.90. The molecule has 0 aliphatic rings. The average molecular weight is 262 g/mol. The number of carbonyl (C=O) groups excluding carboxylic acids is 2. The number of carbonyl (C=O) groups is 2. The van der Waals surface area contributed by atoms with Gasteiger partial charge in [0.15, 0.2) is 11.2 Å². The highest BCUT2D eigenvalue weighted by molar-refractivity contribution is 6.05. The maximum Gasteiger partial charge on any atom is 0.331 e. The Morgan fingerprint density at radius 3 is 2.37 bits per heavy atom. The fourth-order valence-electron chi connectivity index (χ4n) is 1.29. The fourth-order valence-corrected chi connectivity index (χ4v) is 1.29.